The lowest BCUT2D eigenvalue weighted by atomic mass is 10.0. The van der Waals surface area contributed by atoms with Crippen LogP contribution in [0, 0.1) is 11.8 Å². The molecule has 2 aliphatic rings. The molecule has 1 saturated carbocycles. The number of likely N-dealkylation sites (N-methyl/N-ethyl adjacent to an activating group) is 1. The third-order valence-electron chi connectivity index (χ3n) is 6.83. The zero-order valence-corrected chi connectivity index (χ0v) is 19.9. The van der Waals surface area contributed by atoms with Crippen molar-refractivity contribution in [3.05, 3.63) is 45.8 Å². The number of hydrogen-bond donors (Lipinski definition) is 2. The Morgan fingerprint density at radius 1 is 1.24 bits per heavy atom. The van der Waals surface area contributed by atoms with Gasteiger partial charge in [0.25, 0.3) is 11.5 Å². The molecule has 5 rings (SSSR count). The summed E-state index contributed by atoms with van der Waals surface area (Å²) in [5.74, 6) is 2.50. The smallest absolute Gasteiger partial charge is 0.293 e. The number of carbonyl (C=O) groups excluding carboxylic acids is 1. The summed E-state index contributed by atoms with van der Waals surface area (Å²) in [7, 11) is 3.19. The third-order valence-corrected chi connectivity index (χ3v) is 7.11. The lowest BCUT2D eigenvalue weighted by molar-refractivity contribution is -0.122. The highest BCUT2D eigenvalue weighted by Crippen LogP contribution is 2.39. The van der Waals surface area contributed by atoms with Crippen molar-refractivity contribution in [1.29, 1.82) is 0 Å². The topological polar surface area (TPSA) is 101 Å². The Balaban J connectivity index is 1.40. The molecule has 178 valence electrons. The highest BCUT2D eigenvalue weighted by atomic mass is 35.5. The maximum absolute atomic E-state index is 12.6. The second kappa shape index (κ2) is 9.13. The van der Waals surface area contributed by atoms with Crippen molar-refractivity contribution in [2.24, 2.45) is 18.9 Å². The first-order valence-corrected chi connectivity index (χ1v) is 11.8. The number of nitrogens with one attached hydrogen (secondary N) is 2. The number of nitrogens with zero attached hydrogens (tertiary/aromatic N) is 4. The number of carbonyl (C=O) groups is 1. The summed E-state index contributed by atoms with van der Waals surface area (Å²) in [6, 6.07) is 7.24. The van der Waals surface area contributed by atoms with Gasteiger partial charge in [0.15, 0.2) is 18.2 Å². The van der Waals surface area contributed by atoms with Gasteiger partial charge in [-0.1, -0.05) is 18.0 Å². The normalized spacial score (nSPS) is 19.3. The standard InChI is InChI=1S/C24H27ClN6O3/c1-26-21(32)13-34-20-9-16-8-17(6-7-19(16)30(2)23(20)33)28-22-18(25)10-27-24(29-22)31-11-14-4-3-5-15(14)12-31/h6-10,14-15H,3-5,11-13H2,1-2H3,(H,26,32)(H,27,28,29). The summed E-state index contributed by atoms with van der Waals surface area (Å²) in [6.07, 6.45) is 5.53. The van der Waals surface area contributed by atoms with Crippen LogP contribution >= 0.6 is 11.6 Å². The Kier molecular flexibility index (Phi) is 6.03. The van der Waals surface area contributed by atoms with Crippen LogP contribution in [0.5, 0.6) is 5.75 Å². The summed E-state index contributed by atoms with van der Waals surface area (Å²) in [5, 5.41) is 6.97. The number of pyridine rings is 1. The third kappa shape index (κ3) is 4.27. The minimum absolute atomic E-state index is 0.109. The molecule has 1 aliphatic carbocycles. The van der Waals surface area contributed by atoms with E-state index in [-0.39, 0.29) is 23.8 Å². The largest absolute Gasteiger partial charge is 0.478 e. The average molecular weight is 483 g/mol. The van der Waals surface area contributed by atoms with Gasteiger partial charge in [0.05, 0.1) is 11.7 Å². The van der Waals surface area contributed by atoms with Gasteiger partial charge in [-0.3, -0.25) is 9.59 Å². The quantitative estimate of drug-likeness (QED) is 0.556. The molecule has 2 N–H and O–H groups in total. The Hall–Kier alpha value is -3.33. The minimum atomic E-state index is -0.312. The molecule has 0 radical (unpaired) electrons. The van der Waals surface area contributed by atoms with E-state index < -0.39 is 0 Å². The van der Waals surface area contributed by atoms with Gasteiger partial charge in [-0.2, -0.15) is 4.98 Å². The molecular formula is C24H27ClN6O3. The van der Waals surface area contributed by atoms with Crippen molar-refractivity contribution in [1.82, 2.24) is 19.9 Å². The molecule has 2 fully saturated rings. The van der Waals surface area contributed by atoms with E-state index in [1.54, 1.807) is 19.3 Å². The first-order valence-electron chi connectivity index (χ1n) is 11.4. The fraction of sp³-hybridized carbons (Fsp3) is 0.417. The zero-order chi connectivity index (χ0) is 23.8. The van der Waals surface area contributed by atoms with Gasteiger partial charge in [-0.05, 0) is 48.9 Å². The first kappa shape index (κ1) is 22.5. The van der Waals surface area contributed by atoms with E-state index >= 15 is 0 Å². The van der Waals surface area contributed by atoms with Gasteiger partial charge < -0.3 is 24.8 Å². The molecule has 2 unspecified atom stereocenters. The second-order valence-electron chi connectivity index (χ2n) is 8.96. The second-order valence-corrected chi connectivity index (χ2v) is 9.36. The van der Waals surface area contributed by atoms with Crippen molar-refractivity contribution in [2.45, 2.75) is 19.3 Å². The van der Waals surface area contributed by atoms with Gasteiger partial charge >= 0.3 is 0 Å². The van der Waals surface area contributed by atoms with Crippen molar-refractivity contribution >= 4 is 45.9 Å². The van der Waals surface area contributed by atoms with Crippen LogP contribution in [0.1, 0.15) is 19.3 Å². The number of halogens is 1. The van der Waals surface area contributed by atoms with E-state index in [1.165, 1.54) is 30.9 Å². The number of amides is 1. The van der Waals surface area contributed by atoms with Crippen LogP contribution in [0.2, 0.25) is 5.02 Å². The number of fused-ring (bicyclic) bond motifs is 2. The van der Waals surface area contributed by atoms with Crippen molar-refractivity contribution < 1.29 is 9.53 Å². The van der Waals surface area contributed by atoms with Gasteiger partial charge in [0.2, 0.25) is 5.95 Å². The van der Waals surface area contributed by atoms with E-state index in [0.717, 1.165) is 41.5 Å². The fourth-order valence-corrected chi connectivity index (χ4v) is 5.12. The fourth-order valence-electron chi connectivity index (χ4n) is 4.98. The number of aryl methyl sites for hydroxylation is 1. The Morgan fingerprint density at radius 3 is 2.74 bits per heavy atom. The van der Waals surface area contributed by atoms with E-state index in [9.17, 15) is 9.59 Å². The van der Waals surface area contributed by atoms with Gasteiger partial charge in [0.1, 0.15) is 5.02 Å². The molecule has 34 heavy (non-hydrogen) atoms. The monoisotopic (exact) mass is 482 g/mol. The highest BCUT2D eigenvalue weighted by Gasteiger charge is 2.37. The van der Waals surface area contributed by atoms with E-state index in [2.05, 4.69) is 20.5 Å². The molecule has 1 saturated heterocycles. The van der Waals surface area contributed by atoms with E-state index in [4.69, 9.17) is 21.3 Å². The lowest BCUT2D eigenvalue weighted by Crippen LogP contribution is -2.27. The van der Waals surface area contributed by atoms with Crippen LogP contribution in [0.4, 0.5) is 17.5 Å². The Labute approximate surface area is 202 Å². The summed E-state index contributed by atoms with van der Waals surface area (Å²) >= 11 is 6.41. The SMILES string of the molecule is CNC(=O)COc1cc2cc(Nc3nc(N4CC5CCCC5C4)ncc3Cl)ccc2n(C)c1=O. The van der Waals surface area contributed by atoms with Crippen LogP contribution < -0.4 is 25.8 Å². The molecule has 2 atom stereocenters. The average Bonchev–Trinajstić information content (AvgIpc) is 3.44. The van der Waals surface area contributed by atoms with E-state index in [0.29, 0.717) is 16.8 Å². The van der Waals surface area contributed by atoms with Crippen molar-refractivity contribution in [2.75, 3.05) is 37.0 Å². The van der Waals surface area contributed by atoms with Crippen LogP contribution in [-0.4, -0.2) is 47.2 Å². The molecule has 9 nitrogen and oxygen atoms in total. The zero-order valence-electron chi connectivity index (χ0n) is 19.2. The van der Waals surface area contributed by atoms with Crippen molar-refractivity contribution in [3.63, 3.8) is 0 Å². The van der Waals surface area contributed by atoms with Crippen LogP contribution in [-0.2, 0) is 11.8 Å². The molecule has 10 heteroatoms. The maximum atomic E-state index is 12.6. The minimum Gasteiger partial charge on any atom is -0.478 e. The van der Waals surface area contributed by atoms with Crippen LogP contribution in [0.15, 0.2) is 35.3 Å². The molecule has 0 bridgehead atoms. The number of benzene rings is 1. The van der Waals surface area contributed by atoms with Gasteiger partial charge in [-0.25, -0.2) is 4.98 Å². The number of hydrogen-bond acceptors (Lipinski definition) is 7. The molecule has 1 amide bonds. The number of aromatic nitrogens is 3. The van der Waals surface area contributed by atoms with Gasteiger partial charge in [-0.15, -0.1) is 0 Å². The summed E-state index contributed by atoms with van der Waals surface area (Å²) in [6.45, 7) is 1.76. The molecule has 3 heterocycles. The summed E-state index contributed by atoms with van der Waals surface area (Å²) in [5.41, 5.74) is 1.19. The van der Waals surface area contributed by atoms with Crippen LogP contribution in [0.3, 0.4) is 0 Å². The number of anilines is 3. The van der Waals surface area contributed by atoms with E-state index in [1.807, 2.05) is 18.2 Å². The number of ether oxygens (including phenoxy) is 1. The molecular weight excluding hydrogens is 456 g/mol. The summed E-state index contributed by atoms with van der Waals surface area (Å²) in [4.78, 5) is 35.6. The van der Waals surface area contributed by atoms with Crippen LogP contribution in [0.25, 0.3) is 10.9 Å². The molecule has 3 aromatic rings. The molecule has 2 aromatic heterocycles. The van der Waals surface area contributed by atoms with Gasteiger partial charge in [0, 0.05) is 38.3 Å². The Bertz CT molecular complexity index is 1300. The predicted molar refractivity (Wildman–Crippen MR) is 132 cm³/mol. The Morgan fingerprint density at radius 2 is 2.00 bits per heavy atom. The maximum Gasteiger partial charge on any atom is 0.293 e. The molecule has 0 spiro atoms. The predicted octanol–water partition coefficient (Wildman–Crippen LogP) is 3.09. The highest BCUT2D eigenvalue weighted by molar-refractivity contribution is 6.32. The molecule has 1 aromatic carbocycles. The first-order chi connectivity index (χ1) is 16.4. The summed E-state index contributed by atoms with van der Waals surface area (Å²) < 4.78 is 6.94. The van der Waals surface area contributed by atoms with Crippen molar-refractivity contribution in [3.8, 4) is 5.75 Å². The lowest BCUT2D eigenvalue weighted by Gasteiger charge is -2.18. The number of rotatable bonds is 6. The molecule has 1 aliphatic heterocycles.